The summed E-state index contributed by atoms with van der Waals surface area (Å²) in [7, 11) is 1.77. The number of amides is 3. The molecule has 2 aromatic carbocycles. The van der Waals surface area contributed by atoms with Crippen LogP contribution in [0.2, 0.25) is 0 Å². The number of nitrogens with one attached hydrogen (secondary N) is 1. The van der Waals surface area contributed by atoms with Gasteiger partial charge in [0.25, 0.3) is 0 Å². The van der Waals surface area contributed by atoms with Gasteiger partial charge in [0, 0.05) is 37.2 Å². The third-order valence-electron chi connectivity index (χ3n) is 8.27. The molecule has 0 unspecified atom stereocenters. The molecule has 1 aliphatic heterocycles. The molecular formula is C29H33N9O3. The lowest BCUT2D eigenvalue weighted by atomic mass is 9.67. The van der Waals surface area contributed by atoms with Crippen LogP contribution in [0.3, 0.4) is 0 Å². The molecule has 3 amide bonds. The fraction of sp³-hybridized carbons (Fsp3) is 0.414. The van der Waals surface area contributed by atoms with Crippen LogP contribution in [-0.4, -0.2) is 68.1 Å². The highest BCUT2D eigenvalue weighted by Crippen LogP contribution is 2.47. The SMILES string of the molecule is [C-]#[N+][C@@H]1CCCN1C(=O)CN[C@@H](C)CC1(c2nnnn2C)c2ccc(C(N)=O)cc2CCc2cc(C(N)=O)ccc21. The molecule has 0 saturated carbocycles. The third kappa shape index (κ3) is 5.04. The van der Waals surface area contributed by atoms with E-state index in [0.29, 0.717) is 49.2 Å². The largest absolute Gasteiger partial charge is 0.366 e. The van der Waals surface area contributed by atoms with Gasteiger partial charge in [0.05, 0.1) is 12.0 Å². The van der Waals surface area contributed by atoms with Gasteiger partial charge in [-0.2, -0.15) is 0 Å². The Morgan fingerprint density at radius 1 is 1.10 bits per heavy atom. The summed E-state index contributed by atoms with van der Waals surface area (Å²) in [5, 5.41) is 16.0. The van der Waals surface area contributed by atoms with E-state index in [4.69, 9.17) is 18.0 Å². The topological polar surface area (TPSA) is 166 Å². The number of likely N-dealkylation sites (tertiary alicyclic amines) is 1. The van der Waals surface area contributed by atoms with Crippen molar-refractivity contribution in [2.45, 2.75) is 56.7 Å². The van der Waals surface area contributed by atoms with Crippen molar-refractivity contribution in [2.24, 2.45) is 18.5 Å². The van der Waals surface area contributed by atoms with Gasteiger partial charge in [0.2, 0.25) is 17.7 Å². The van der Waals surface area contributed by atoms with E-state index in [1.54, 1.807) is 28.8 Å². The minimum atomic E-state index is -0.909. The summed E-state index contributed by atoms with van der Waals surface area (Å²) in [6.07, 6.45) is 2.74. The maximum absolute atomic E-state index is 13.0. The zero-order valence-corrected chi connectivity index (χ0v) is 23.1. The van der Waals surface area contributed by atoms with E-state index in [-0.39, 0.29) is 18.5 Å². The Hall–Kier alpha value is -4.63. The first-order valence-electron chi connectivity index (χ1n) is 13.6. The van der Waals surface area contributed by atoms with Crippen LogP contribution in [0.4, 0.5) is 0 Å². The Kier molecular flexibility index (Phi) is 7.55. The van der Waals surface area contributed by atoms with Crippen molar-refractivity contribution >= 4 is 17.7 Å². The van der Waals surface area contributed by atoms with Gasteiger partial charge in [0.15, 0.2) is 5.82 Å². The summed E-state index contributed by atoms with van der Waals surface area (Å²) in [4.78, 5) is 42.5. The number of rotatable bonds is 8. The number of benzene rings is 2. The van der Waals surface area contributed by atoms with E-state index in [2.05, 4.69) is 25.7 Å². The number of nitrogens with two attached hydrogens (primary N) is 2. The zero-order chi connectivity index (χ0) is 29.3. The van der Waals surface area contributed by atoms with Crippen LogP contribution >= 0.6 is 0 Å². The van der Waals surface area contributed by atoms with Crippen molar-refractivity contribution in [3.05, 3.63) is 87.0 Å². The lowest BCUT2D eigenvalue weighted by molar-refractivity contribution is -0.130. The first-order valence-corrected chi connectivity index (χ1v) is 13.6. The number of carbonyl (C=O) groups is 3. The number of aryl methyl sites for hydroxylation is 3. The lowest BCUT2D eigenvalue weighted by Gasteiger charge is -2.37. The highest BCUT2D eigenvalue weighted by Gasteiger charge is 2.46. The molecule has 5 rings (SSSR count). The molecule has 12 nitrogen and oxygen atoms in total. The molecule has 41 heavy (non-hydrogen) atoms. The van der Waals surface area contributed by atoms with Gasteiger partial charge in [-0.25, -0.2) is 11.3 Å². The number of hydrogen-bond donors (Lipinski definition) is 3. The molecule has 0 spiro atoms. The van der Waals surface area contributed by atoms with Gasteiger partial charge in [-0.1, -0.05) is 12.1 Å². The molecule has 2 aliphatic rings. The summed E-state index contributed by atoms with van der Waals surface area (Å²) in [6.45, 7) is 10.1. The molecule has 3 aromatic rings. The van der Waals surface area contributed by atoms with Crippen molar-refractivity contribution in [3.8, 4) is 0 Å². The molecule has 0 radical (unpaired) electrons. The monoisotopic (exact) mass is 555 g/mol. The van der Waals surface area contributed by atoms with Gasteiger partial charge in [-0.05, 0) is 89.6 Å². The quantitative estimate of drug-likeness (QED) is 0.350. The highest BCUT2D eigenvalue weighted by molar-refractivity contribution is 5.94. The standard InChI is InChI=1S/C29H33N9O3/c1-17(33-16-25(39)38-12-4-5-24(38)32-2)15-29(28-34-35-36-37(28)3)22-10-8-20(26(30)40)13-18(22)6-7-19-14-21(27(31)41)9-11-23(19)29/h8-11,13-14,17,24,33H,4-7,12,15-16H2,1,3H3,(H2,30,40)(H2,31,41)/t17-,24-/m0/s1. The number of carbonyl (C=O) groups excluding carboxylic acids is 3. The summed E-state index contributed by atoms with van der Waals surface area (Å²) < 4.78 is 1.63. The average Bonchev–Trinajstić information content (AvgIpc) is 3.59. The van der Waals surface area contributed by atoms with E-state index < -0.39 is 23.4 Å². The summed E-state index contributed by atoms with van der Waals surface area (Å²) in [5.41, 5.74) is 14.8. The Morgan fingerprint density at radius 3 is 2.22 bits per heavy atom. The van der Waals surface area contributed by atoms with Crippen molar-refractivity contribution in [1.82, 2.24) is 30.4 Å². The van der Waals surface area contributed by atoms with Crippen LogP contribution in [-0.2, 0) is 30.1 Å². The van der Waals surface area contributed by atoms with E-state index in [1.807, 2.05) is 31.2 Å². The smallest absolute Gasteiger partial charge is 0.300 e. The van der Waals surface area contributed by atoms with Crippen molar-refractivity contribution in [1.29, 1.82) is 0 Å². The van der Waals surface area contributed by atoms with Crippen LogP contribution in [0.15, 0.2) is 36.4 Å². The molecule has 1 aromatic heterocycles. The lowest BCUT2D eigenvalue weighted by Crippen LogP contribution is -2.45. The first kappa shape index (κ1) is 27.9. The Balaban J connectivity index is 1.62. The molecule has 5 N–H and O–H groups in total. The van der Waals surface area contributed by atoms with Gasteiger partial charge in [0.1, 0.15) is 0 Å². The number of aromatic nitrogens is 4. The van der Waals surface area contributed by atoms with Gasteiger partial charge in [-0.15, -0.1) is 5.10 Å². The second-order valence-electron chi connectivity index (χ2n) is 10.8. The predicted molar refractivity (Wildman–Crippen MR) is 149 cm³/mol. The van der Waals surface area contributed by atoms with Gasteiger partial charge >= 0.3 is 6.17 Å². The van der Waals surface area contributed by atoms with Crippen LogP contribution in [0.5, 0.6) is 0 Å². The zero-order valence-electron chi connectivity index (χ0n) is 23.1. The van der Waals surface area contributed by atoms with Crippen molar-refractivity contribution in [2.75, 3.05) is 13.1 Å². The number of primary amides is 2. The summed E-state index contributed by atoms with van der Waals surface area (Å²) in [5.74, 6) is -0.578. The Bertz CT molecular complexity index is 1490. The van der Waals surface area contributed by atoms with E-state index in [0.717, 1.165) is 28.7 Å². The van der Waals surface area contributed by atoms with E-state index in [9.17, 15) is 14.4 Å². The number of tetrazole rings is 1. The Labute approximate surface area is 237 Å². The summed E-state index contributed by atoms with van der Waals surface area (Å²) >= 11 is 0. The number of fused-ring (bicyclic) bond motifs is 2. The minimum Gasteiger partial charge on any atom is -0.366 e. The molecule has 1 fully saturated rings. The van der Waals surface area contributed by atoms with Crippen LogP contribution in [0, 0.1) is 6.57 Å². The minimum absolute atomic E-state index is 0.0846. The van der Waals surface area contributed by atoms with E-state index in [1.165, 1.54) is 0 Å². The van der Waals surface area contributed by atoms with Crippen LogP contribution < -0.4 is 16.8 Å². The predicted octanol–water partition coefficient (Wildman–Crippen LogP) is 1.08. The van der Waals surface area contributed by atoms with Crippen LogP contribution in [0.25, 0.3) is 4.85 Å². The maximum atomic E-state index is 13.0. The molecule has 212 valence electrons. The maximum Gasteiger partial charge on any atom is 0.300 e. The average molecular weight is 556 g/mol. The molecule has 2 atom stereocenters. The Morgan fingerprint density at radius 2 is 1.71 bits per heavy atom. The fourth-order valence-electron chi connectivity index (χ4n) is 6.37. The van der Waals surface area contributed by atoms with Gasteiger partial charge < -0.3 is 16.8 Å². The number of hydrogen-bond acceptors (Lipinski definition) is 7. The van der Waals surface area contributed by atoms with Crippen LogP contribution in [0.1, 0.15) is 75.0 Å². The third-order valence-corrected chi connectivity index (χ3v) is 8.27. The first-order chi connectivity index (χ1) is 19.6. The number of nitrogens with zero attached hydrogens (tertiary/aromatic N) is 6. The second kappa shape index (κ2) is 11.1. The molecular weight excluding hydrogens is 522 g/mol. The fourth-order valence-corrected chi connectivity index (χ4v) is 6.37. The summed E-state index contributed by atoms with van der Waals surface area (Å²) in [6, 6.07) is 10.7. The van der Waals surface area contributed by atoms with E-state index >= 15 is 0 Å². The molecule has 1 saturated heterocycles. The van der Waals surface area contributed by atoms with Crippen molar-refractivity contribution < 1.29 is 14.4 Å². The molecule has 0 bridgehead atoms. The molecule has 12 heteroatoms. The normalized spacial score (nSPS) is 18.1. The highest BCUT2D eigenvalue weighted by atomic mass is 16.2. The second-order valence-corrected chi connectivity index (χ2v) is 10.8. The molecule has 1 aliphatic carbocycles. The van der Waals surface area contributed by atoms with Gasteiger partial charge in [-0.3, -0.25) is 24.1 Å². The molecule has 2 heterocycles. The van der Waals surface area contributed by atoms with Crippen molar-refractivity contribution in [3.63, 3.8) is 0 Å².